The van der Waals surface area contributed by atoms with Gasteiger partial charge in [0.15, 0.2) is 0 Å². The number of benzene rings is 1. The predicted molar refractivity (Wildman–Crippen MR) is 53.8 cm³/mol. The molecule has 0 radical (unpaired) electrons. The third kappa shape index (κ3) is 1.12. The molecule has 0 aromatic heterocycles. The van der Waals surface area contributed by atoms with E-state index in [-0.39, 0.29) is 12.4 Å². The van der Waals surface area contributed by atoms with Crippen LogP contribution in [0.5, 0.6) is 0 Å². The Hall–Kier alpha value is -0.565. The topological polar surface area (TPSA) is 17.1 Å². The number of rotatable bonds is 0. The molecule has 0 aliphatic carbocycles. The van der Waals surface area contributed by atoms with Gasteiger partial charge in [-0.25, -0.2) is 0 Å². The zero-order chi connectivity index (χ0) is 8.72. The van der Waals surface area contributed by atoms with Crippen molar-refractivity contribution in [3.8, 4) is 0 Å². The van der Waals surface area contributed by atoms with Crippen LogP contribution in [0.15, 0.2) is 22.7 Å². The minimum atomic E-state index is 0.175. The second-order valence-electron chi connectivity index (χ2n) is 3.27. The zero-order valence-electron chi connectivity index (χ0n) is 6.80. The number of hydrogen-bond acceptors (Lipinski definition) is 1. The molecule has 0 bridgehead atoms. The SMILES string of the molecule is CB1Cc2ccc(Br)cc2C1=O. The highest BCUT2D eigenvalue weighted by Gasteiger charge is 2.29. The van der Waals surface area contributed by atoms with Crippen molar-refractivity contribution >= 4 is 28.3 Å². The quantitative estimate of drug-likeness (QED) is 0.617. The summed E-state index contributed by atoms with van der Waals surface area (Å²) in [5.41, 5.74) is 2.37. The van der Waals surface area contributed by atoms with Gasteiger partial charge in [0.2, 0.25) is 6.71 Å². The molecule has 1 aromatic carbocycles. The average Bonchev–Trinajstić information content (AvgIpc) is 2.31. The fourth-order valence-corrected chi connectivity index (χ4v) is 2.01. The summed E-state index contributed by atoms with van der Waals surface area (Å²) in [7, 11) is 0. The second kappa shape index (κ2) is 2.73. The van der Waals surface area contributed by atoms with Crippen molar-refractivity contribution in [3.05, 3.63) is 33.8 Å². The molecule has 60 valence electrons. The molecule has 1 nitrogen and oxygen atoms in total. The number of carbonyl (C=O) groups excluding carboxylic acids is 1. The smallest absolute Gasteiger partial charge is 0.231 e. The lowest BCUT2D eigenvalue weighted by Crippen LogP contribution is -2.16. The Balaban J connectivity index is 2.56. The maximum Gasteiger partial charge on any atom is 0.231 e. The van der Waals surface area contributed by atoms with Crippen LogP contribution < -0.4 is 0 Å². The van der Waals surface area contributed by atoms with E-state index in [9.17, 15) is 4.79 Å². The van der Waals surface area contributed by atoms with Crippen molar-refractivity contribution in [3.63, 3.8) is 0 Å². The number of carbonyl (C=O) groups is 1. The first-order valence-corrected chi connectivity index (χ1v) is 4.80. The zero-order valence-corrected chi connectivity index (χ0v) is 8.39. The minimum absolute atomic E-state index is 0.175. The average molecular weight is 223 g/mol. The molecule has 0 fully saturated rings. The molecule has 3 heteroatoms. The number of fused-ring (bicyclic) bond motifs is 1. The highest BCUT2D eigenvalue weighted by molar-refractivity contribution is 9.10. The van der Waals surface area contributed by atoms with Crippen LogP contribution in [0, 0.1) is 0 Å². The standard InChI is InChI=1S/C9H8BBrO/c1-10-5-6-2-3-7(11)4-8(6)9(10)12/h2-4H,5H2,1H3. The van der Waals surface area contributed by atoms with E-state index in [1.54, 1.807) is 0 Å². The molecule has 1 aliphatic rings. The van der Waals surface area contributed by atoms with Crippen molar-refractivity contribution in [2.45, 2.75) is 13.1 Å². The van der Waals surface area contributed by atoms with Crippen molar-refractivity contribution in [1.82, 2.24) is 0 Å². The Kier molecular flexibility index (Phi) is 1.83. The molecule has 0 saturated heterocycles. The van der Waals surface area contributed by atoms with E-state index in [1.807, 2.05) is 25.0 Å². The molecule has 0 saturated carbocycles. The molecule has 0 N–H and O–H groups in total. The van der Waals surface area contributed by atoms with Gasteiger partial charge in [-0.15, -0.1) is 0 Å². The summed E-state index contributed by atoms with van der Waals surface area (Å²) < 4.78 is 0.990. The Morgan fingerprint density at radius 3 is 3.00 bits per heavy atom. The molecular formula is C9H8BBrO. The van der Waals surface area contributed by atoms with E-state index in [1.165, 1.54) is 5.56 Å². The number of halogens is 1. The van der Waals surface area contributed by atoms with Gasteiger partial charge >= 0.3 is 0 Å². The molecule has 2 rings (SSSR count). The van der Waals surface area contributed by atoms with E-state index in [4.69, 9.17) is 0 Å². The normalized spacial score (nSPS) is 15.2. The number of hydrogen-bond donors (Lipinski definition) is 0. The molecular weight excluding hydrogens is 215 g/mol. The van der Waals surface area contributed by atoms with Crippen LogP contribution in [0.4, 0.5) is 0 Å². The van der Waals surface area contributed by atoms with Crippen molar-refractivity contribution in [2.24, 2.45) is 0 Å². The van der Waals surface area contributed by atoms with Gasteiger partial charge in [0.05, 0.1) is 0 Å². The largest absolute Gasteiger partial charge is 0.306 e. The van der Waals surface area contributed by atoms with Gasteiger partial charge < -0.3 is 4.79 Å². The van der Waals surface area contributed by atoms with Crippen LogP contribution in [0.25, 0.3) is 0 Å². The lowest BCUT2D eigenvalue weighted by molar-refractivity contribution is 0.107. The summed E-state index contributed by atoms with van der Waals surface area (Å²) in [6.07, 6.45) is 0.904. The summed E-state index contributed by atoms with van der Waals surface area (Å²) in [5, 5.41) is 0. The fraction of sp³-hybridized carbons (Fsp3) is 0.222. The Morgan fingerprint density at radius 1 is 1.50 bits per heavy atom. The highest BCUT2D eigenvalue weighted by atomic mass is 79.9. The lowest BCUT2D eigenvalue weighted by Gasteiger charge is -1.96. The summed E-state index contributed by atoms with van der Waals surface area (Å²) in [6.45, 7) is 2.16. The summed E-state index contributed by atoms with van der Waals surface area (Å²) in [4.78, 5) is 11.5. The van der Waals surface area contributed by atoms with Crippen molar-refractivity contribution in [2.75, 3.05) is 0 Å². The first-order chi connectivity index (χ1) is 5.68. The van der Waals surface area contributed by atoms with Gasteiger partial charge in [0.1, 0.15) is 5.68 Å². The molecule has 0 amide bonds. The first kappa shape index (κ1) is 8.05. The van der Waals surface area contributed by atoms with Crippen LogP contribution in [-0.4, -0.2) is 12.4 Å². The molecule has 12 heavy (non-hydrogen) atoms. The Morgan fingerprint density at radius 2 is 2.25 bits per heavy atom. The highest BCUT2D eigenvalue weighted by Crippen LogP contribution is 2.24. The Bertz CT molecular complexity index is 348. The van der Waals surface area contributed by atoms with Crippen LogP contribution in [0.1, 0.15) is 15.9 Å². The summed E-state index contributed by atoms with van der Waals surface area (Å²) in [6, 6.07) is 5.94. The lowest BCUT2D eigenvalue weighted by atomic mass is 9.49. The molecule has 0 unspecified atom stereocenters. The van der Waals surface area contributed by atoms with Crippen molar-refractivity contribution < 1.29 is 4.79 Å². The molecule has 1 heterocycles. The van der Waals surface area contributed by atoms with E-state index in [0.717, 1.165) is 16.4 Å². The van der Waals surface area contributed by atoms with Crippen LogP contribution in [0.2, 0.25) is 6.82 Å². The molecule has 0 spiro atoms. The fourth-order valence-electron chi connectivity index (χ4n) is 1.64. The van der Waals surface area contributed by atoms with E-state index < -0.39 is 0 Å². The minimum Gasteiger partial charge on any atom is -0.306 e. The van der Waals surface area contributed by atoms with E-state index >= 15 is 0 Å². The third-order valence-corrected chi connectivity index (χ3v) is 2.80. The van der Waals surface area contributed by atoms with E-state index in [2.05, 4.69) is 15.9 Å². The molecule has 1 aliphatic heterocycles. The van der Waals surface area contributed by atoms with Crippen LogP contribution in [-0.2, 0) is 6.32 Å². The summed E-state index contributed by atoms with van der Waals surface area (Å²) in [5.74, 6) is 0. The van der Waals surface area contributed by atoms with Gasteiger partial charge in [-0.2, -0.15) is 0 Å². The first-order valence-electron chi connectivity index (χ1n) is 4.01. The van der Waals surface area contributed by atoms with Gasteiger partial charge in [-0.1, -0.05) is 28.8 Å². The third-order valence-electron chi connectivity index (χ3n) is 2.31. The van der Waals surface area contributed by atoms with Gasteiger partial charge in [-0.3, -0.25) is 0 Å². The molecule has 0 atom stereocenters. The monoisotopic (exact) mass is 222 g/mol. The van der Waals surface area contributed by atoms with E-state index in [0.29, 0.717) is 0 Å². The molecule has 1 aromatic rings. The predicted octanol–water partition coefficient (Wildman–Crippen LogP) is 2.39. The van der Waals surface area contributed by atoms with Crippen LogP contribution in [0.3, 0.4) is 0 Å². The maximum absolute atomic E-state index is 11.5. The maximum atomic E-state index is 11.5. The van der Waals surface area contributed by atoms with Gasteiger partial charge in [-0.05, 0) is 24.0 Å². The van der Waals surface area contributed by atoms with Crippen molar-refractivity contribution in [1.29, 1.82) is 0 Å². The van der Waals surface area contributed by atoms with Gasteiger partial charge in [0, 0.05) is 10.0 Å². The summed E-state index contributed by atoms with van der Waals surface area (Å²) >= 11 is 3.36. The Labute approximate surface area is 80.4 Å². The second-order valence-corrected chi connectivity index (χ2v) is 4.19. The van der Waals surface area contributed by atoms with Gasteiger partial charge in [0.25, 0.3) is 0 Å². The van der Waals surface area contributed by atoms with Crippen LogP contribution >= 0.6 is 15.9 Å².